The monoisotopic (exact) mass is 334 g/mol. The van der Waals surface area contributed by atoms with Crippen LogP contribution in [0.2, 0.25) is 0 Å². The van der Waals surface area contributed by atoms with E-state index >= 15 is 0 Å². The molecule has 1 aliphatic rings. The van der Waals surface area contributed by atoms with E-state index in [-0.39, 0.29) is 6.61 Å². The third-order valence-corrected chi connectivity index (χ3v) is 3.55. The Morgan fingerprint density at radius 2 is 1.54 bits per heavy atom. The highest BCUT2D eigenvalue weighted by molar-refractivity contribution is 5.74. The zero-order valence-electron chi connectivity index (χ0n) is 14.7. The minimum atomic E-state index is -0.608. The Hall–Kier alpha value is -2.24. The first-order valence-corrected chi connectivity index (χ1v) is 8.35. The van der Waals surface area contributed by atoms with E-state index in [1.54, 1.807) is 20.8 Å². The fourth-order valence-electron chi connectivity index (χ4n) is 2.43. The molecule has 1 aliphatic heterocycles. The SMILES string of the molecule is CC(C)(C)OC(=O)N1CCCCCN1C(=O)OCc1ccccc1. The number of ether oxygens (including phenoxy) is 2. The first-order chi connectivity index (χ1) is 11.4. The van der Waals surface area contributed by atoms with Gasteiger partial charge in [-0.1, -0.05) is 30.3 Å². The second kappa shape index (κ2) is 8.04. The van der Waals surface area contributed by atoms with Crippen molar-refractivity contribution in [2.24, 2.45) is 0 Å². The smallest absolute Gasteiger partial charge is 0.429 e. The fraction of sp³-hybridized carbons (Fsp3) is 0.556. The van der Waals surface area contributed by atoms with Crippen molar-refractivity contribution in [3.63, 3.8) is 0 Å². The van der Waals surface area contributed by atoms with Gasteiger partial charge in [-0.25, -0.2) is 19.6 Å². The Morgan fingerprint density at radius 3 is 2.12 bits per heavy atom. The van der Waals surface area contributed by atoms with E-state index in [1.165, 1.54) is 10.0 Å². The molecule has 1 fully saturated rings. The van der Waals surface area contributed by atoms with Crippen molar-refractivity contribution in [3.8, 4) is 0 Å². The van der Waals surface area contributed by atoms with Gasteiger partial charge in [-0.2, -0.15) is 0 Å². The molecule has 2 amide bonds. The summed E-state index contributed by atoms with van der Waals surface area (Å²) in [5.74, 6) is 0. The number of hydrazine groups is 1. The van der Waals surface area contributed by atoms with Crippen LogP contribution < -0.4 is 0 Å². The molecule has 0 N–H and O–H groups in total. The molecular formula is C18H26N2O4. The van der Waals surface area contributed by atoms with Gasteiger partial charge in [-0.15, -0.1) is 0 Å². The minimum Gasteiger partial charge on any atom is -0.443 e. The van der Waals surface area contributed by atoms with E-state index in [1.807, 2.05) is 30.3 Å². The predicted molar refractivity (Wildman–Crippen MR) is 90.1 cm³/mol. The highest BCUT2D eigenvalue weighted by Gasteiger charge is 2.32. The molecule has 0 saturated carbocycles. The first-order valence-electron chi connectivity index (χ1n) is 8.35. The zero-order chi connectivity index (χ0) is 17.6. The third kappa shape index (κ3) is 5.44. The Bertz CT molecular complexity index is 554. The number of nitrogens with zero attached hydrogens (tertiary/aromatic N) is 2. The van der Waals surface area contributed by atoms with Gasteiger partial charge in [-0.3, -0.25) is 0 Å². The largest absolute Gasteiger partial charge is 0.443 e. The van der Waals surface area contributed by atoms with Crippen LogP contribution in [0.25, 0.3) is 0 Å². The lowest BCUT2D eigenvalue weighted by Gasteiger charge is -2.33. The van der Waals surface area contributed by atoms with Gasteiger partial charge in [0.1, 0.15) is 12.2 Å². The molecule has 6 nitrogen and oxygen atoms in total. The first kappa shape index (κ1) is 18.1. The number of hydrogen-bond acceptors (Lipinski definition) is 4. The van der Waals surface area contributed by atoms with Crippen molar-refractivity contribution in [2.75, 3.05) is 13.1 Å². The molecule has 6 heteroatoms. The average molecular weight is 334 g/mol. The number of benzene rings is 1. The van der Waals surface area contributed by atoms with E-state index in [9.17, 15) is 9.59 Å². The number of carbonyl (C=O) groups is 2. The maximum absolute atomic E-state index is 12.5. The zero-order valence-corrected chi connectivity index (χ0v) is 14.7. The lowest BCUT2D eigenvalue weighted by Crippen LogP contribution is -2.51. The average Bonchev–Trinajstić information content (AvgIpc) is 2.78. The summed E-state index contributed by atoms with van der Waals surface area (Å²) < 4.78 is 10.8. The maximum Gasteiger partial charge on any atom is 0.429 e. The molecule has 0 spiro atoms. The van der Waals surface area contributed by atoms with Gasteiger partial charge in [0, 0.05) is 13.1 Å². The topological polar surface area (TPSA) is 59.1 Å². The molecule has 0 atom stereocenters. The van der Waals surface area contributed by atoms with Crippen molar-refractivity contribution >= 4 is 12.2 Å². The number of rotatable bonds is 2. The summed E-state index contributed by atoms with van der Waals surface area (Å²) >= 11 is 0. The summed E-state index contributed by atoms with van der Waals surface area (Å²) in [7, 11) is 0. The Balaban J connectivity index is 2.02. The highest BCUT2D eigenvalue weighted by Crippen LogP contribution is 2.17. The quantitative estimate of drug-likeness (QED) is 0.821. The normalized spacial score (nSPS) is 15.6. The molecule has 2 rings (SSSR count). The van der Waals surface area contributed by atoms with Crippen molar-refractivity contribution in [1.82, 2.24) is 10.0 Å². The Kier molecular flexibility index (Phi) is 6.06. The molecule has 0 bridgehead atoms. The summed E-state index contributed by atoms with van der Waals surface area (Å²) in [5, 5.41) is 2.73. The molecular weight excluding hydrogens is 308 g/mol. The van der Waals surface area contributed by atoms with Gasteiger partial charge in [0.05, 0.1) is 0 Å². The second-order valence-electron chi connectivity index (χ2n) is 6.83. The van der Waals surface area contributed by atoms with Crippen LogP contribution in [0.15, 0.2) is 30.3 Å². The third-order valence-electron chi connectivity index (χ3n) is 3.55. The molecule has 24 heavy (non-hydrogen) atoms. The lowest BCUT2D eigenvalue weighted by atomic mass is 10.2. The molecule has 0 aliphatic carbocycles. The van der Waals surface area contributed by atoms with Crippen molar-refractivity contribution < 1.29 is 19.1 Å². The van der Waals surface area contributed by atoms with Crippen molar-refractivity contribution in [2.45, 2.75) is 52.2 Å². The Labute approximate surface area is 143 Å². The van der Waals surface area contributed by atoms with Gasteiger partial charge in [0.25, 0.3) is 0 Å². The van der Waals surface area contributed by atoms with Gasteiger partial charge >= 0.3 is 12.2 Å². The van der Waals surface area contributed by atoms with Gasteiger partial charge in [0.2, 0.25) is 0 Å². The van der Waals surface area contributed by atoms with Crippen molar-refractivity contribution in [1.29, 1.82) is 0 Å². The predicted octanol–water partition coefficient (Wildman–Crippen LogP) is 3.96. The summed E-state index contributed by atoms with van der Waals surface area (Å²) in [6.07, 6.45) is 1.59. The Morgan fingerprint density at radius 1 is 0.958 bits per heavy atom. The van der Waals surface area contributed by atoms with E-state index < -0.39 is 17.8 Å². The van der Waals surface area contributed by atoms with Gasteiger partial charge in [-0.05, 0) is 45.6 Å². The molecule has 0 unspecified atom stereocenters. The van der Waals surface area contributed by atoms with Gasteiger partial charge in [0.15, 0.2) is 0 Å². The molecule has 1 aromatic rings. The number of amides is 2. The summed E-state index contributed by atoms with van der Waals surface area (Å²) in [6, 6.07) is 9.47. The molecule has 0 radical (unpaired) electrons. The van der Waals surface area contributed by atoms with Crippen LogP contribution >= 0.6 is 0 Å². The van der Waals surface area contributed by atoms with Crippen molar-refractivity contribution in [3.05, 3.63) is 35.9 Å². The van der Waals surface area contributed by atoms with E-state index in [0.29, 0.717) is 13.1 Å². The van der Waals surface area contributed by atoms with Crippen LogP contribution in [0.5, 0.6) is 0 Å². The molecule has 1 heterocycles. The van der Waals surface area contributed by atoms with Gasteiger partial charge < -0.3 is 9.47 Å². The van der Waals surface area contributed by atoms with Crippen LogP contribution in [0.4, 0.5) is 9.59 Å². The van der Waals surface area contributed by atoms with Crippen LogP contribution in [0, 0.1) is 0 Å². The molecule has 132 valence electrons. The summed E-state index contributed by atoms with van der Waals surface area (Å²) in [5.41, 5.74) is 0.299. The van der Waals surface area contributed by atoms with Crippen LogP contribution in [0.1, 0.15) is 45.6 Å². The van der Waals surface area contributed by atoms with E-state index in [0.717, 1.165) is 24.8 Å². The highest BCUT2D eigenvalue weighted by atomic mass is 16.6. The standard InChI is InChI=1S/C18H26N2O4/c1-18(2,3)24-17(22)20-13-9-5-8-12-19(20)16(21)23-14-15-10-6-4-7-11-15/h4,6-7,10-11H,5,8-9,12-14H2,1-3H3. The van der Waals surface area contributed by atoms with E-state index in [4.69, 9.17) is 9.47 Å². The summed E-state index contributed by atoms with van der Waals surface area (Å²) in [6.45, 7) is 6.50. The fourth-order valence-corrected chi connectivity index (χ4v) is 2.43. The minimum absolute atomic E-state index is 0.179. The molecule has 0 aromatic heterocycles. The van der Waals surface area contributed by atoms with Crippen LogP contribution in [-0.4, -0.2) is 40.9 Å². The molecule has 1 aromatic carbocycles. The van der Waals surface area contributed by atoms with Crippen LogP contribution in [0.3, 0.4) is 0 Å². The molecule has 1 saturated heterocycles. The van der Waals surface area contributed by atoms with E-state index in [2.05, 4.69) is 0 Å². The number of hydrogen-bond donors (Lipinski definition) is 0. The van der Waals surface area contributed by atoms with Crippen LogP contribution in [-0.2, 0) is 16.1 Å². The lowest BCUT2D eigenvalue weighted by molar-refractivity contribution is -0.0440. The maximum atomic E-state index is 12.5. The second-order valence-corrected chi connectivity index (χ2v) is 6.83. The number of carbonyl (C=O) groups excluding carboxylic acids is 2. The summed E-state index contributed by atoms with van der Waals surface area (Å²) in [4.78, 5) is 24.9.